The van der Waals surface area contributed by atoms with E-state index in [1.54, 1.807) is 24.3 Å². The Kier molecular flexibility index (Phi) is 5.07. The number of H-pyrrole nitrogens is 1. The van der Waals surface area contributed by atoms with E-state index in [0.717, 1.165) is 4.57 Å². The summed E-state index contributed by atoms with van der Waals surface area (Å²) in [5.41, 5.74) is -0.590. The summed E-state index contributed by atoms with van der Waals surface area (Å²) in [4.78, 5) is 43.7. The molecule has 1 aromatic carbocycles. The van der Waals surface area contributed by atoms with E-state index in [9.17, 15) is 14.4 Å². The lowest BCUT2D eigenvalue weighted by molar-refractivity contribution is 0.0917. The molecule has 0 aliphatic rings. The average Bonchev–Trinajstić information content (AvgIpc) is 3.42. The lowest BCUT2D eigenvalue weighted by Crippen LogP contribution is -2.36. The molecule has 4 aromatic rings. The molecule has 0 saturated heterocycles. The number of rotatable bonds is 6. The van der Waals surface area contributed by atoms with Crippen LogP contribution in [0.15, 0.2) is 50.4 Å². The fourth-order valence-corrected chi connectivity index (χ4v) is 3.02. The molecule has 0 atom stereocenters. The van der Waals surface area contributed by atoms with Crippen molar-refractivity contribution in [2.24, 2.45) is 14.1 Å². The molecule has 0 unspecified atom stereocenters. The first-order valence-corrected chi connectivity index (χ1v) is 9.22. The monoisotopic (exact) mass is 425 g/mol. The van der Waals surface area contributed by atoms with Crippen LogP contribution in [0.4, 0.5) is 0 Å². The molecule has 2 N–H and O–H groups in total. The van der Waals surface area contributed by atoms with Gasteiger partial charge in [-0.2, -0.15) is 0 Å². The van der Waals surface area contributed by atoms with E-state index < -0.39 is 17.2 Å². The largest absolute Gasteiger partial charge is 0.493 e. The van der Waals surface area contributed by atoms with Gasteiger partial charge in [0.25, 0.3) is 17.4 Å². The third-order valence-electron chi connectivity index (χ3n) is 4.64. The van der Waals surface area contributed by atoms with Crippen molar-refractivity contribution < 1.29 is 18.7 Å². The molecule has 31 heavy (non-hydrogen) atoms. The van der Waals surface area contributed by atoms with Crippen molar-refractivity contribution >= 4 is 17.1 Å². The van der Waals surface area contributed by atoms with Crippen LogP contribution in [0.5, 0.6) is 17.4 Å². The van der Waals surface area contributed by atoms with Gasteiger partial charge in [-0.15, -0.1) is 0 Å². The molecule has 0 spiro atoms. The van der Waals surface area contributed by atoms with E-state index in [-0.39, 0.29) is 29.4 Å². The zero-order valence-corrected chi connectivity index (χ0v) is 17.0. The van der Waals surface area contributed by atoms with Crippen molar-refractivity contribution in [2.45, 2.75) is 6.54 Å². The Labute approximate surface area is 174 Å². The number of benzene rings is 1. The van der Waals surface area contributed by atoms with Crippen molar-refractivity contribution in [2.75, 3.05) is 7.11 Å². The highest BCUT2D eigenvalue weighted by atomic mass is 16.6. The van der Waals surface area contributed by atoms with Crippen LogP contribution >= 0.6 is 0 Å². The van der Waals surface area contributed by atoms with E-state index in [1.165, 1.54) is 37.9 Å². The number of amides is 1. The minimum atomic E-state index is -0.503. The topological polar surface area (TPSA) is 133 Å². The van der Waals surface area contributed by atoms with Crippen molar-refractivity contribution in [3.8, 4) is 17.4 Å². The summed E-state index contributed by atoms with van der Waals surface area (Å²) in [6.07, 6.45) is 0. The Morgan fingerprint density at radius 1 is 1.13 bits per heavy atom. The van der Waals surface area contributed by atoms with Gasteiger partial charge >= 0.3 is 5.69 Å². The second-order valence-corrected chi connectivity index (χ2v) is 6.64. The number of carbonyl (C=O) groups excluding carboxylic acids is 1. The van der Waals surface area contributed by atoms with Crippen molar-refractivity contribution in [3.05, 3.63) is 68.8 Å². The summed E-state index contributed by atoms with van der Waals surface area (Å²) in [6.45, 7) is -0.00570. The summed E-state index contributed by atoms with van der Waals surface area (Å²) >= 11 is 0. The number of furan rings is 1. The molecule has 0 saturated carbocycles. The van der Waals surface area contributed by atoms with Crippen molar-refractivity contribution in [1.29, 1.82) is 0 Å². The SMILES string of the molecule is COc1ccccc1Oc1ccc(C(=O)NCc2nc3c([nH]2)c(=O)n(C)c(=O)n3C)o1. The molecule has 160 valence electrons. The number of carbonyl (C=O) groups is 1. The van der Waals surface area contributed by atoms with E-state index >= 15 is 0 Å². The third-order valence-corrected chi connectivity index (χ3v) is 4.64. The highest BCUT2D eigenvalue weighted by molar-refractivity contribution is 5.91. The van der Waals surface area contributed by atoms with Gasteiger partial charge in [-0.25, -0.2) is 9.78 Å². The average molecular weight is 425 g/mol. The van der Waals surface area contributed by atoms with Gasteiger partial charge in [0.2, 0.25) is 0 Å². The fourth-order valence-electron chi connectivity index (χ4n) is 3.02. The van der Waals surface area contributed by atoms with Crippen LogP contribution in [0, 0.1) is 0 Å². The molecule has 1 amide bonds. The smallest absolute Gasteiger partial charge is 0.332 e. The number of ether oxygens (including phenoxy) is 2. The van der Waals surface area contributed by atoms with Crippen LogP contribution < -0.4 is 26.0 Å². The molecule has 11 heteroatoms. The number of aryl methyl sites for hydroxylation is 1. The highest BCUT2D eigenvalue weighted by Gasteiger charge is 2.16. The van der Waals surface area contributed by atoms with Crippen LogP contribution in [-0.2, 0) is 20.6 Å². The number of imidazole rings is 1. The molecular formula is C20H19N5O6. The Morgan fingerprint density at radius 3 is 2.61 bits per heavy atom. The minimum absolute atomic E-state index is 0.00570. The second kappa shape index (κ2) is 7.86. The Bertz CT molecular complexity index is 1390. The summed E-state index contributed by atoms with van der Waals surface area (Å²) in [5.74, 6) is 0.938. The predicted molar refractivity (Wildman–Crippen MR) is 110 cm³/mol. The number of aromatic amines is 1. The number of para-hydroxylation sites is 2. The molecular weight excluding hydrogens is 406 g/mol. The molecule has 0 bridgehead atoms. The Morgan fingerprint density at radius 2 is 1.87 bits per heavy atom. The van der Waals surface area contributed by atoms with Gasteiger partial charge in [-0.05, 0) is 18.2 Å². The Balaban J connectivity index is 1.47. The van der Waals surface area contributed by atoms with Crippen LogP contribution in [-0.4, -0.2) is 32.1 Å². The summed E-state index contributed by atoms with van der Waals surface area (Å²) in [6, 6.07) is 10.0. The van der Waals surface area contributed by atoms with Crippen LogP contribution in [0.25, 0.3) is 11.2 Å². The molecule has 0 aliphatic carbocycles. The molecule has 0 radical (unpaired) electrons. The summed E-state index contributed by atoms with van der Waals surface area (Å²) in [7, 11) is 4.42. The zero-order valence-electron chi connectivity index (χ0n) is 17.0. The van der Waals surface area contributed by atoms with Crippen LogP contribution in [0.1, 0.15) is 16.4 Å². The fraction of sp³-hybridized carbons (Fsp3) is 0.200. The third kappa shape index (κ3) is 3.68. The predicted octanol–water partition coefficient (Wildman–Crippen LogP) is 1.28. The highest BCUT2D eigenvalue weighted by Crippen LogP contribution is 2.31. The number of nitrogens with one attached hydrogen (secondary N) is 2. The van der Waals surface area contributed by atoms with Crippen LogP contribution in [0.2, 0.25) is 0 Å². The Hall–Kier alpha value is -4.28. The van der Waals surface area contributed by atoms with Gasteiger partial charge in [-0.3, -0.25) is 18.7 Å². The molecule has 4 rings (SSSR count). The standard InChI is InChI=1S/C20H19N5O6/c1-24-17-16(19(27)25(2)20(24)28)22-14(23-17)10-21-18(26)13-8-9-15(31-13)30-12-7-5-4-6-11(12)29-3/h4-9H,10H2,1-3H3,(H,21,26)(H,22,23). The number of hydrogen-bond donors (Lipinski definition) is 2. The summed E-state index contributed by atoms with van der Waals surface area (Å²) < 4.78 is 18.5. The molecule has 3 heterocycles. The molecule has 0 aliphatic heterocycles. The number of nitrogens with zero attached hydrogens (tertiary/aromatic N) is 3. The van der Waals surface area contributed by atoms with Gasteiger partial charge < -0.3 is 24.2 Å². The molecule has 3 aromatic heterocycles. The van der Waals surface area contributed by atoms with E-state index in [1.807, 2.05) is 0 Å². The number of fused-ring (bicyclic) bond motifs is 1. The van der Waals surface area contributed by atoms with Crippen LogP contribution in [0.3, 0.4) is 0 Å². The van der Waals surface area contributed by atoms with Crippen molar-refractivity contribution in [3.63, 3.8) is 0 Å². The quantitative estimate of drug-likeness (QED) is 0.475. The molecule has 0 fully saturated rings. The maximum Gasteiger partial charge on any atom is 0.332 e. The first-order valence-electron chi connectivity index (χ1n) is 9.22. The number of aromatic nitrogens is 4. The lowest BCUT2D eigenvalue weighted by Gasteiger charge is -2.07. The van der Waals surface area contributed by atoms with E-state index in [4.69, 9.17) is 13.9 Å². The number of methoxy groups -OCH3 is 1. The van der Waals surface area contributed by atoms with Gasteiger partial charge in [0, 0.05) is 20.2 Å². The van der Waals surface area contributed by atoms with Gasteiger partial charge in [0.15, 0.2) is 22.9 Å². The van der Waals surface area contributed by atoms with E-state index in [0.29, 0.717) is 17.3 Å². The van der Waals surface area contributed by atoms with Gasteiger partial charge in [0.05, 0.1) is 13.7 Å². The summed E-state index contributed by atoms with van der Waals surface area (Å²) in [5, 5.41) is 2.64. The van der Waals surface area contributed by atoms with Gasteiger partial charge in [-0.1, -0.05) is 12.1 Å². The lowest BCUT2D eigenvalue weighted by atomic mass is 10.3. The minimum Gasteiger partial charge on any atom is -0.493 e. The molecule has 11 nitrogen and oxygen atoms in total. The van der Waals surface area contributed by atoms with Crippen molar-refractivity contribution in [1.82, 2.24) is 24.4 Å². The first kappa shape index (κ1) is 20.0. The maximum absolute atomic E-state index is 12.4. The number of hydrogen-bond acceptors (Lipinski definition) is 7. The first-order chi connectivity index (χ1) is 14.9. The van der Waals surface area contributed by atoms with Gasteiger partial charge in [0.1, 0.15) is 11.3 Å². The maximum atomic E-state index is 12.4. The zero-order chi connectivity index (χ0) is 22.1. The normalized spacial score (nSPS) is 10.9. The second-order valence-electron chi connectivity index (χ2n) is 6.64. The van der Waals surface area contributed by atoms with E-state index in [2.05, 4.69) is 15.3 Å².